The second-order valence-corrected chi connectivity index (χ2v) is 4.99. The highest BCUT2D eigenvalue weighted by atomic mass is 35.5. The van der Waals surface area contributed by atoms with Crippen LogP contribution in [0.2, 0.25) is 5.02 Å². The Morgan fingerprint density at radius 1 is 1.56 bits per heavy atom. The van der Waals surface area contributed by atoms with Gasteiger partial charge in [-0.3, -0.25) is 4.79 Å². The van der Waals surface area contributed by atoms with Crippen molar-refractivity contribution in [1.29, 1.82) is 0 Å². The summed E-state index contributed by atoms with van der Waals surface area (Å²) in [6.45, 7) is 2.17. The minimum absolute atomic E-state index is 0.0226. The molecule has 1 unspecified atom stereocenters. The molecule has 0 bridgehead atoms. The molecule has 0 spiro atoms. The summed E-state index contributed by atoms with van der Waals surface area (Å²) >= 11 is 6.23. The van der Waals surface area contributed by atoms with Crippen molar-refractivity contribution >= 4 is 23.2 Å². The molecule has 5 heteroatoms. The molecule has 1 aromatic rings. The van der Waals surface area contributed by atoms with Crippen molar-refractivity contribution in [2.24, 2.45) is 0 Å². The fourth-order valence-corrected chi connectivity index (χ4v) is 2.78. The summed E-state index contributed by atoms with van der Waals surface area (Å²) in [7, 11) is 1.62. The Kier molecular flexibility index (Phi) is 3.90. The number of benzene rings is 1. The van der Waals surface area contributed by atoms with Crippen LogP contribution in [-0.2, 0) is 4.79 Å². The van der Waals surface area contributed by atoms with E-state index < -0.39 is 0 Å². The number of rotatable bonds is 1. The quantitative estimate of drug-likeness (QED) is 0.797. The Labute approximate surface area is 112 Å². The second kappa shape index (κ2) is 5.26. The molecule has 0 radical (unpaired) electrons. The van der Waals surface area contributed by atoms with Crippen LogP contribution in [0.15, 0.2) is 18.2 Å². The van der Waals surface area contributed by atoms with Gasteiger partial charge in [0.2, 0.25) is 5.91 Å². The third-order valence-electron chi connectivity index (χ3n) is 3.34. The molecular formula is C13H17ClN2O2. The molecule has 1 aliphatic rings. The number of halogens is 1. The maximum atomic E-state index is 11.7. The topological polar surface area (TPSA) is 43.8 Å². The molecule has 18 heavy (non-hydrogen) atoms. The summed E-state index contributed by atoms with van der Waals surface area (Å²) < 4.78 is 0. The first-order chi connectivity index (χ1) is 8.52. The third-order valence-corrected chi connectivity index (χ3v) is 3.64. The Hall–Kier alpha value is -1.10. The van der Waals surface area contributed by atoms with Gasteiger partial charge in [-0.25, -0.2) is 0 Å². The summed E-state index contributed by atoms with van der Waals surface area (Å²) in [5.74, 6) is -0.0226. The van der Waals surface area contributed by atoms with Crippen LogP contribution in [0.5, 0.6) is 0 Å². The van der Waals surface area contributed by atoms with Crippen molar-refractivity contribution in [3.8, 4) is 0 Å². The van der Waals surface area contributed by atoms with Gasteiger partial charge in [-0.05, 0) is 24.5 Å². The van der Waals surface area contributed by atoms with Crippen LogP contribution in [0, 0.1) is 0 Å². The lowest BCUT2D eigenvalue weighted by Gasteiger charge is -2.26. The minimum Gasteiger partial charge on any atom is -0.314 e. The van der Waals surface area contributed by atoms with E-state index in [1.165, 1.54) is 12.0 Å². The van der Waals surface area contributed by atoms with E-state index in [9.17, 15) is 10.0 Å². The molecular weight excluding hydrogens is 252 g/mol. The SMILES string of the molecule is CC(=O)N1CCCC(N(C)O)c2cccc(Cl)c21. The van der Waals surface area contributed by atoms with Crippen LogP contribution in [0.4, 0.5) is 5.69 Å². The van der Waals surface area contributed by atoms with E-state index in [4.69, 9.17) is 11.6 Å². The number of hydrogen-bond acceptors (Lipinski definition) is 3. The Morgan fingerprint density at radius 3 is 2.89 bits per heavy atom. The number of nitrogens with zero attached hydrogens (tertiary/aromatic N) is 2. The zero-order valence-electron chi connectivity index (χ0n) is 10.6. The average Bonchev–Trinajstić information content (AvgIpc) is 2.49. The fraction of sp³-hybridized carbons (Fsp3) is 0.462. The maximum Gasteiger partial charge on any atom is 0.223 e. The van der Waals surface area contributed by atoms with Crippen LogP contribution in [0.3, 0.4) is 0 Å². The van der Waals surface area contributed by atoms with E-state index in [1.54, 1.807) is 18.0 Å². The van der Waals surface area contributed by atoms with Gasteiger partial charge in [0.05, 0.1) is 16.8 Å². The highest BCUT2D eigenvalue weighted by molar-refractivity contribution is 6.34. The second-order valence-electron chi connectivity index (χ2n) is 4.58. The average molecular weight is 269 g/mol. The molecule has 0 saturated carbocycles. The number of anilines is 1. The number of fused-ring (bicyclic) bond motifs is 1. The van der Waals surface area contributed by atoms with Crippen LogP contribution >= 0.6 is 11.6 Å². The maximum absolute atomic E-state index is 11.7. The molecule has 1 N–H and O–H groups in total. The highest BCUT2D eigenvalue weighted by Crippen LogP contribution is 2.39. The van der Waals surface area contributed by atoms with E-state index >= 15 is 0 Å². The lowest BCUT2D eigenvalue weighted by molar-refractivity contribution is -0.116. The normalized spacial score (nSPS) is 19.6. The van der Waals surface area contributed by atoms with Gasteiger partial charge < -0.3 is 10.1 Å². The van der Waals surface area contributed by atoms with Crippen molar-refractivity contribution in [1.82, 2.24) is 5.06 Å². The summed E-state index contributed by atoms with van der Waals surface area (Å²) in [5.41, 5.74) is 1.63. The zero-order chi connectivity index (χ0) is 13.3. The highest BCUT2D eigenvalue weighted by Gasteiger charge is 2.28. The lowest BCUT2D eigenvalue weighted by Crippen LogP contribution is -2.29. The van der Waals surface area contributed by atoms with E-state index in [0.29, 0.717) is 11.6 Å². The molecule has 1 aliphatic heterocycles. The molecule has 0 aromatic heterocycles. The van der Waals surface area contributed by atoms with Gasteiger partial charge in [-0.1, -0.05) is 23.7 Å². The van der Waals surface area contributed by atoms with Gasteiger partial charge >= 0.3 is 0 Å². The van der Waals surface area contributed by atoms with E-state index in [-0.39, 0.29) is 11.9 Å². The van der Waals surface area contributed by atoms with Crippen molar-refractivity contribution in [2.75, 3.05) is 18.5 Å². The number of para-hydroxylation sites is 1. The van der Waals surface area contributed by atoms with Crippen LogP contribution in [0.1, 0.15) is 31.4 Å². The smallest absolute Gasteiger partial charge is 0.223 e. The Morgan fingerprint density at radius 2 is 2.28 bits per heavy atom. The first-order valence-corrected chi connectivity index (χ1v) is 6.38. The molecule has 98 valence electrons. The largest absolute Gasteiger partial charge is 0.314 e. The van der Waals surface area contributed by atoms with E-state index in [2.05, 4.69) is 0 Å². The van der Waals surface area contributed by atoms with Gasteiger partial charge in [-0.15, -0.1) is 0 Å². The summed E-state index contributed by atoms with van der Waals surface area (Å²) in [6, 6.07) is 5.42. The molecule has 1 atom stereocenters. The zero-order valence-corrected chi connectivity index (χ0v) is 11.3. The Balaban J connectivity index is 2.57. The molecule has 0 aliphatic carbocycles. The predicted molar refractivity (Wildman–Crippen MR) is 71.0 cm³/mol. The van der Waals surface area contributed by atoms with Crippen molar-refractivity contribution in [3.63, 3.8) is 0 Å². The summed E-state index contributed by atoms with van der Waals surface area (Å²) in [4.78, 5) is 13.4. The van der Waals surface area contributed by atoms with Gasteiger partial charge in [0.1, 0.15) is 0 Å². The number of amides is 1. The monoisotopic (exact) mass is 268 g/mol. The van der Waals surface area contributed by atoms with Crippen LogP contribution in [-0.4, -0.2) is 29.8 Å². The molecule has 4 nitrogen and oxygen atoms in total. The molecule has 1 amide bonds. The molecule has 1 aromatic carbocycles. The van der Waals surface area contributed by atoms with Crippen LogP contribution in [0.25, 0.3) is 0 Å². The number of carbonyl (C=O) groups excluding carboxylic acids is 1. The van der Waals surface area contributed by atoms with Gasteiger partial charge in [0.15, 0.2) is 0 Å². The van der Waals surface area contributed by atoms with Crippen molar-refractivity contribution in [3.05, 3.63) is 28.8 Å². The van der Waals surface area contributed by atoms with Crippen molar-refractivity contribution < 1.29 is 10.0 Å². The lowest BCUT2D eigenvalue weighted by atomic mass is 10.0. The third kappa shape index (κ3) is 2.36. The summed E-state index contributed by atoms with van der Waals surface area (Å²) in [5, 5.41) is 11.5. The van der Waals surface area contributed by atoms with E-state index in [1.807, 2.05) is 12.1 Å². The van der Waals surface area contributed by atoms with Gasteiger partial charge in [-0.2, -0.15) is 5.06 Å². The van der Waals surface area contributed by atoms with E-state index in [0.717, 1.165) is 24.1 Å². The molecule has 1 heterocycles. The predicted octanol–water partition coefficient (Wildman–Crippen LogP) is 2.85. The van der Waals surface area contributed by atoms with Gasteiger partial charge in [0, 0.05) is 20.5 Å². The van der Waals surface area contributed by atoms with Gasteiger partial charge in [0.25, 0.3) is 0 Å². The standard InChI is InChI=1S/C13H17ClN2O2/c1-9(17)16-8-4-7-12(15(2)18)10-5-3-6-11(14)13(10)16/h3,5-6,12,18H,4,7-8H2,1-2H3. The number of carbonyl (C=O) groups is 1. The fourth-order valence-electron chi connectivity index (χ4n) is 2.50. The van der Waals surface area contributed by atoms with Crippen molar-refractivity contribution in [2.45, 2.75) is 25.8 Å². The molecule has 0 saturated heterocycles. The number of hydrogen-bond donors (Lipinski definition) is 1. The first-order valence-electron chi connectivity index (χ1n) is 6.00. The first kappa shape index (κ1) is 13.3. The molecule has 2 rings (SSSR count). The molecule has 0 fully saturated rings. The minimum atomic E-state index is -0.122. The summed E-state index contributed by atoms with van der Waals surface area (Å²) in [6.07, 6.45) is 1.63. The number of hydroxylamine groups is 2. The van der Waals surface area contributed by atoms with Crippen LogP contribution < -0.4 is 4.90 Å². The Bertz CT molecular complexity index is 462.